The predicted octanol–water partition coefficient (Wildman–Crippen LogP) is 2.29. The Morgan fingerprint density at radius 1 is 1.53 bits per heavy atom. The summed E-state index contributed by atoms with van der Waals surface area (Å²) < 4.78 is 0. The number of hydrogen-bond acceptors (Lipinski definition) is 3. The minimum Gasteiger partial charge on any atom is -0.392 e. The zero-order valence-corrected chi connectivity index (χ0v) is 10.7. The minimum absolute atomic E-state index is 0.591. The summed E-state index contributed by atoms with van der Waals surface area (Å²) in [5, 5.41) is 4.32. The number of hydrogen-bond donors (Lipinski definition) is 1. The first-order valence-electron chi connectivity index (χ1n) is 5.24. The number of nitrogens with zero attached hydrogens (tertiary/aromatic N) is 1. The zero-order valence-electron chi connectivity index (χ0n) is 9.11. The Bertz CT molecular complexity index is 283. The normalized spacial score (nSPS) is 10.8. The first-order valence-corrected chi connectivity index (χ1v) is 6.59. The van der Waals surface area contributed by atoms with Crippen molar-refractivity contribution >= 4 is 28.5 Å². The number of thiocarbonyl (C=S) groups is 1. The molecule has 0 saturated heterocycles. The lowest BCUT2D eigenvalue weighted by molar-refractivity contribution is 0.316. The van der Waals surface area contributed by atoms with Gasteiger partial charge in [-0.1, -0.05) is 19.1 Å². The molecule has 0 aliphatic heterocycles. The van der Waals surface area contributed by atoms with E-state index in [1.54, 1.807) is 11.3 Å². The van der Waals surface area contributed by atoms with Crippen molar-refractivity contribution in [2.75, 3.05) is 19.6 Å². The van der Waals surface area contributed by atoms with Crippen molar-refractivity contribution in [3.05, 3.63) is 22.4 Å². The van der Waals surface area contributed by atoms with Gasteiger partial charge in [0.15, 0.2) is 0 Å². The van der Waals surface area contributed by atoms with Crippen LogP contribution >= 0.6 is 23.6 Å². The molecular formula is C11H18N2S2. The Morgan fingerprint density at radius 2 is 2.33 bits per heavy atom. The molecule has 1 aromatic rings. The van der Waals surface area contributed by atoms with Crippen molar-refractivity contribution in [2.45, 2.75) is 19.8 Å². The van der Waals surface area contributed by atoms with Gasteiger partial charge < -0.3 is 5.73 Å². The van der Waals surface area contributed by atoms with Crippen LogP contribution < -0.4 is 5.73 Å². The van der Waals surface area contributed by atoms with E-state index in [1.165, 1.54) is 5.56 Å². The minimum atomic E-state index is 0.591. The van der Waals surface area contributed by atoms with Crippen LogP contribution in [-0.4, -0.2) is 29.5 Å². The van der Waals surface area contributed by atoms with E-state index in [4.69, 9.17) is 18.0 Å². The Hall–Kier alpha value is -0.450. The van der Waals surface area contributed by atoms with E-state index < -0.39 is 0 Å². The lowest BCUT2D eigenvalue weighted by atomic mass is 10.2. The summed E-state index contributed by atoms with van der Waals surface area (Å²) in [6.45, 7) is 5.04. The molecule has 4 heteroatoms. The molecule has 0 unspecified atom stereocenters. The maximum absolute atomic E-state index is 5.56. The van der Waals surface area contributed by atoms with Crippen LogP contribution in [0.25, 0.3) is 0 Å². The van der Waals surface area contributed by atoms with Gasteiger partial charge in [-0.2, -0.15) is 11.3 Å². The molecule has 2 N–H and O–H groups in total. The molecule has 0 aliphatic rings. The van der Waals surface area contributed by atoms with Crippen molar-refractivity contribution in [1.29, 1.82) is 0 Å². The fraction of sp³-hybridized carbons (Fsp3) is 0.545. The highest BCUT2D eigenvalue weighted by atomic mass is 32.1. The monoisotopic (exact) mass is 242 g/mol. The SMILES string of the molecule is CCCN(CCc1ccsc1)CC(N)=S. The molecule has 1 rings (SSSR count). The van der Waals surface area contributed by atoms with Crippen molar-refractivity contribution in [3.63, 3.8) is 0 Å². The van der Waals surface area contributed by atoms with Gasteiger partial charge >= 0.3 is 0 Å². The molecule has 0 fully saturated rings. The summed E-state index contributed by atoms with van der Waals surface area (Å²) in [4.78, 5) is 2.91. The van der Waals surface area contributed by atoms with E-state index in [0.717, 1.165) is 32.5 Å². The first-order chi connectivity index (χ1) is 7.22. The van der Waals surface area contributed by atoms with Gasteiger partial charge in [-0.05, 0) is 41.8 Å². The van der Waals surface area contributed by atoms with E-state index in [9.17, 15) is 0 Å². The summed E-state index contributed by atoms with van der Waals surface area (Å²) in [6, 6.07) is 2.18. The van der Waals surface area contributed by atoms with Crippen molar-refractivity contribution in [2.24, 2.45) is 5.73 Å². The van der Waals surface area contributed by atoms with Gasteiger partial charge in [-0.25, -0.2) is 0 Å². The lowest BCUT2D eigenvalue weighted by Gasteiger charge is -2.20. The molecule has 0 saturated carbocycles. The number of thiophene rings is 1. The van der Waals surface area contributed by atoms with Gasteiger partial charge in [0, 0.05) is 13.1 Å². The predicted molar refractivity (Wildman–Crippen MR) is 71.5 cm³/mol. The smallest absolute Gasteiger partial charge is 0.0870 e. The van der Waals surface area contributed by atoms with Crippen LogP contribution in [0, 0.1) is 0 Å². The zero-order chi connectivity index (χ0) is 11.1. The Morgan fingerprint density at radius 3 is 2.87 bits per heavy atom. The molecule has 0 aliphatic carbocycles. The van der Waals surface area contributed by atoms with Crippen LogP contribution in [0.4, 0.5) is 0 Å². The summed E-state index contributed by atoms with van der Waals surface area (Å²) in [5.41, 5.74) is 6.97. The van der Waals surface area contributed by atoms with Crippen LogP contribution in [0.3, 0.4) is 0 Å². The molecule has 0 atom stereocenters. The molecule has 84 valence electrons. The molecular weight excluding hydrogens is 224 g/mol. The van der Waals surface area contributed by atoms with Gasteiger partial charge in [-0.15, -0.1) is 0 Å². The summed E-state index contributed by atoms with van der Waals surface area (Å²) in [6.07, 6.45) is 2.23. The maximum atomic E-state index is 5.56. The lowest BCUT2D eigenvalue weighted by Crippen LogP contribution is -2.34. The van der Waals surface area contributed by atoms with Crippen LogP contribution in [0.5, 0.6) is 0 Å². The fourth-order valence-electron chi connectivity index (χ4n) is 1.53. The topological polar surface area (TPSA) is 29.3 Å². The fourth-order valence-corrected chi connectivity index (χ4v) is 2.41. The average molecular weight is 242 g/mol. The van der Waals surface area contributed by atoms with Crippen LogP contribution in [0.15, 0.2) is 16.8 Å². The van der Waals surface area contributed by atoms with Crippen LogP contribution in [-0.2, 0) is 6.42 Å². The largest absolute Gasteiger partial charge is 0.392 e. The Kier molecular flexibility index (Phi) is 5.83. The molecule has 0 aromatic carbocycles. The van der Waals surface area contributed by atoms with Gasteiger partial charge in [0.1, 0.15) is 0 Å². The molecule has 2 nitrogen and oxygen atoms in total. The number of rotatable bonds is 7. The maximum Gasteiger partial charge on any atom is 0.0870 e. The van der Waals surface area contributed by atoms with E-state index in [1.807, 2.05) is 0 Å². The van der Waals surface area contributed by atoms with Crippen molar-refractivity contribution in [1.82, 2.24) is 4.90 Å². The quantitative estimate of drug-likeness (QED) is 0.744. The van der Waals surface area contributed by atoms with Gasteiger partial charge in [0.2, 0.25) is 0 Å². The molecule has 1 aromatic heterocycles. The second kappa shape index (κ2) is 6.93. The van der Waals surface area contributed by atoms with Crippen molar-refractivity contribution in [3.8, 4) is 0 Å². The second-order valence-electron chi connectivity index (χ2n) is 3.62. The summed E-state index contributed by atoms with van der Waals surface area (Å²) in [7, 11) is 0. The Balaban J connectivity index is 2.34. The third-order valence-electron chi connectivity index (χ3n) is 2.22. The summed E-state index contributed by atoms with van der Waals surface area (Å²) in [5.74, 6) is 0. The highest BCUT2D eigenvalue weighted by Gasteiger charge is 2.05. The molecule has 1 heterocycles. The van der Waals surface area contributed by atoms with Crippen LogP contribution in [0.2, 0.25) is 0 Å². The van der Waals surface area contributed by atoms with E-state index in [0.29, 0.717) is 4.99 Å². The standard InChI is InChI=1S/C11H18N2S2/c1-2-5-13(8-11(12)14)6-3-10-4-7-15-9-10/h4,7,9H,2-3,5-6,8H2,1H3,(H2,12,14). The Labute approximate surface area is 101 Å². The first kappa shape index (κ1) is 12.6. The molecule has 0 spiro atoms. The third kappa shape index (κ3) is 5.25. The van der Waals surface area contributed by atoms with Gasteiger partial charge in [0.25, 0.3) is 0 Å². The van der Waals surface area contributed by atoms with E-state index in [2.05, 4.69) is 28.7 Å². The van der Waals surface area contributed by atoms with E-state index >= 15 is 0 Å². The number of nitrogens with two attached hydrogens (primary N) is 1. The molecule has 0 bridgehead atoms. The molecule has 15 heavy (non-hydrogen) atoms. The molecule has 0 radical (unpaired) electrons. The van der Waals surface area contributed by atoms with Gasteiger partial charge in [0.05, 0.1) is 4.99 Å². The third-order valence-corrected chi connectivity index (χ3v) is 3.08. The van der Waals surface area contributed by atoms with Gasteiger partial charge in [-0.3, -0.25) is 4.90 Å². The summed E-state index contributed by atoms with van der Waals surface area (Å²) >= 11 is 6.69. The highest BCUT2D eigenvalue weighted by Crippen LogP contribution is 2.07. The second-order valence-corrected chi connectivity index (χ2v) is 4.93. The van der Waals surface area contributed by atoms with E-state index in [-0.39, 0.29) is 0 Å². The van der Waals surface area contributed by atoms with Crippen LogP contribution in [0.1, 0.15) is 18.9 Å². The highest BCUT2D eigenvalue weighted by molar-refractivity contribution is 7.80. The molecule has 0 amide bonds. The average Bonchev–Trinajstić information content (AvgIpc) is 2.66. The van der Waals surface area contributed by atoms with Crippen molar-refractivity contribution < 1.29 is 0 Å².